The Hall–Kier alpha value is -2.41. The highest BCUT2D eigenvalue weighted by atomic mass is 32.1. The Kier molecular flexibility index (Phi) is 2.59. The highest BCUT2D eigenvalue weighted by molar-refractivity contribution is 7.23. The van der Waals surface area contributed by atoms with Crippen molar-refractivity contribution in [2.24, 2.45) is 0 Å². The number of imidazole rings is 1. The Bertz CT molecular complexity index is 1090. The average Bonchev–Trinajstić information content (AvgIpc) is 2.84. The van der Waals surface area contributed by atoms with Crippen LogP contribution in [0.3, 0.4) is 0 Å². The van der Waals surface area contributed by atoms with E-state index in [0.717, 1.165) is 23.5 Å². The lowest BCUT2D eigenvalue weighted by atomic mass is 10.2. The summed E-state index contributed by atoms with van der Waals surface area (Å²) in [5, 5.41) is 0.258. The molecule has 2 heterocycles. The molecule has 0 saturated carbocycles. The van der Waals surface area contributed by atoms with E-state index in [2.05, 4.69) is 4.98 Å². The van der Waals surface area contributed by atoms with Gasteiger partial charge in [-0.25, -0.2) is 9.38 Å². The largest absolute Gasteiger partial charge is 0.416 e. The quantitative estimate of drug-likeness (QED) is 0.489. The number of alkyl halides is 3. The second-order valence-corrected chi connectivity index (χ2v) is 5.84. The molecule has 22 heavy (non-hydrogen) atoms. The van der Waals surface area contributed by atoms with Gasteiger partial charge in [0.05, 0.1) is 22.0 Å². The van der Waals surface area contributed by atoms with Crippen LogP contribution in [0, 0.1) is 0 Å². The lowest BCUT2D eigenvalue weighted by Crippen LogP contribution is -2.12. The van der Waals surface area contributed by atoms with Crippen LogP contribution in [0.4, 0.5) is 13.2 Å². The maximum atomic E-state index is 12.8. The molecule has 2 aromatic heterocycles. The molecule has 0 aliphatic heterocycles. The van der Waals surface area contributed by atoms with Crippen LogP contribution >= 0.6 is 11.3 Å². The number of fused-ring (bicyclic) bond motifs is 4. The van der Waals surface area contributed by atoms with E-state index in [1.54, 1.807) is 24.3 Å². The zero-order valence-electron chi connectivity index (χ0n) is 10.9. The number of hydrogen-bond acceptors (Lipinski definition) is 3. The lowest BCUT2D eigenvalue weighted by Gasteiger charge is -2.07. The molecule has 0 saturated heterocycles. The van der Waals surface area contributed by atoms with Gasteiger partial charge in [0.25, 0.3) is 5.56 Å². The molecule has 4 aromatic rings. The van der Waals surface area contributed by atoms with Crippen molar-refractivity contribution in [3.05, 3.63) is 58.4 Å². The molecule has 110 valence electrons. The van der Waals surface area contributed by atoms with Gasteiger partial charge in [0, 0.05) is 4.70 Å². The number of para-hydroxylation sites is 2. The van der Waals surface area contributed by atoms with Crippen LogP contribution in [0.1, 0.15) is 5.56 Å². The minimum absolute atomic E-state index is 0.258. The Morgan fingerprint density at radius 2 is 1.86 bits per heavy atom. The number of halogens is 3. The standard InChI is InChI=1S/C15H7F3N2OS/c16-15(17,18)8-5-6-9-12(7-8)22-14-19-10-3-1-2-4-11(10)20(14)13(9)21/h1-7H. The predicted molar refractivity (Wildman–Crippen MR) is 79.4 cm³/mol. The monoisotopic (exact) mass is 320 g/mol. The van der Waals surface area contributed by atoms with Crippen molar-refractivity contribution in [3.63, 3.8) is 0 Å². The molecule has 4 rings (SSSR count). The molecule has 0 bridgehead atoms. The van der Waals surface area contributed by atoms with E-state index >= 15 is 0 Å². The number of hydrogen-bond donors (Lipinski definition) is 0. The van der Waals surface area contributed by atoms with Crippen molar-refractivity contribution < 1.29 is 13.2 Å². The number of benzene rings is 2. The Morgan fingerprint density at radius 1 is 1.09 bits per heavy atom. The second kappa shape index (κ2) is 4.30. The number of rotatable bonds is 0. The van der Waals surface area contributed by atoms with Crippen molar-refractivity contribution in [2.45, 2.75) is 6.18 Å². The Balaban J connectivity index is 2.16. The fraction of sp³-hybridized carbons (Fsp3) is 0.0667. The summed E-state index contributed by atoms with van der Waals surface area (Å²) in [6.45, 7) is 0. The van der Waals surface area contributed by atoms with Crippen LogP contribution in [-0.4, -0.2) is 9.38 Å². The third-order valence-electron chi connectivity index (χ3n) is 3.47. The van der Waals surface area contributed by atoms with Gasteiger partial charge in [-0.15, -0.1) is 0 Å². The van der Waals surface area contributed by atoms with Crippen molar-refractivity contribution in [3.8, 4) is 0 Å². The summed E-state index contributed by atoms with van der Waals surface area (Å²) in [4.78, 5) is 17.3. The summed E-state index contributed by atoms with van der Waals surface area (Å²) < 4.78 is 40.1. The molecule has 0 N–H and O–H groups in total. The maximum absolute atomic E-state index is 12.8. The maximum Gasteiger partial charge on any atom is 0.416 e. The molecular weight excluding hydrogens is 313 g/mol. The molecule has 0 fully saturated rings. The first-order valence-corrected chi connectivity index (χ1v) is 7.18. The number of aromatic nitrogens is 2. The zero-order valence-corrected chi connectivity index (χ0v) is 11.7. The average molecular weight is 320 g/mol. The normalized spacial score (nSPS) is 12.5. The summed E-state index contributed by atoms with van der Waals surface area (Å²) >= 11 is 1.07. The second-order valence-electron chi connectivity index (χ2n) is 4.83. The van der Waals surface area contributed by atoms with Gasteiger partial charge in [-0.2, -0.15) is 13.2 Å². The highest BCUT2D eigenvalue weighted by Crippen LogP contribution is 2.32. The van der Waals surface area contributed by atoms with Crippen LogP contribution in [0.5, 0.6) is 0 Å². The zero-order chi connectivity index (χ0) is 15.5. The minimum Gasteiger partial charge on any atom is -0.268 e. The first-order valence-electron chi connectivity index (χ1n) is 6.36. The van der Waals surface area contributed by atoms with E-state index in [0.29, 0.717) is 16.0 Å². The van der Waals surface area contributed by atoms with Gasteiger partial charge in [-0.05, 0) is 30.3 Å². The SMILES string of the molecule is O=c1c2ccc(C(F)(F)F)cc2sc2nc3ccccc3n12. The molecular formula is C15H7F3N2OS. The first kappa shape index (κ1) is 13.3. The Morgan fingerprint density at radius 3 is 2.64 bits per heavy atom. The summed E-state index contributed by atoms with van der Waals surface area (Å²) in [5.41, 5.74) is 0.171. The van der Waals surface area contributed by atoms with Crippen molar-refractivity contribution in [2.75, 3.05) is 0 Å². The van der Waals surface area contributed by atoms with Crippen LogP contribution < -0.4 is 5.56 Å². The molecule has 0 unspecified atom stereocenters. The van der Waals surface area contributed by atoms with Crippen molar-refractivity contribution in [1.82, 2.24) is 9.38 Å². The number of nitrogens with zero attached hydrogens (tertiary/aromatic N) is 2. The molecule has 0 spiro atoms. The lowest BCUT2D eigenvalue weighted by molar-refractivity contribution is -0.137. The third-order valence-corrected chi connectivity index (χ3v) is 4.49. The van der Waals surface area contributed by atoms with Gasteiger partial charge < -0.3 is 0 Å². The van der Waals surface area contributed by atoms with Crippen LogP contribution in [0.25, 0.3) is 26.1 Å². The van der Waals surface area contributed by atoms with E-state index in [1.807, 2.05) is 0 Å². The fourth-order valence-corrected chi connectivity index (χ4v) is 3.51. The molecule has 2 aromatic carbocycles. The third kappa shape index (κ3) is 1.82. The summed E-state index contributed by atoms with van der Waals surface area (Å²) in [6.07, 6.45) is -4.43. The van der Waals surface area contributed by atoms with E-state index < -0.39 is 11.7 Å². The predicted octanol–water partition coefficient (Wildman–Crippen LogP) is 4.08. The molecule has 7 heteroatoms. The minimum atomic E-state index is -4.43. The topological polar surface area (TPSA) is 34.4 Å². The van der Waals surface area contributed by atoms with Gasteiger partial charge in [-0.3, -0.25) is 4.79 Å². The van der Waals surface area contributed by atoms with Gasteiger partial charge in [-0.1, -0.05) is 23.5 Å². The van der Waals surface area contributed by atoms with Crippen molar-refractivity contribution in [1.29, 1.82) is 0 Å². The highest BCUT2D eigenvalue weighted by Gasteiger charge is 2.30. The summed E-state index contributed by atoms with van der Waals surface area (Å²) in [6, 6.07) is 10.3. The van der Waals surface area contributed by atoms with Crippen LogP contribution in [-0.2, 0) is 6.18 Å². The van der Waals surface area contributed by atoms with E-state index in [1.165, 1.54) is 10.5 Å². The first-order chi connectivity index (χ1) is 10.4. The van der Waals surface area contributed by atoms with Crippen molar-refractivity contribution >= 4 is 37.4 Å². The van der Waals surface area contributed by atoms with E-state index in [9.17, 15) is 18.0 Å². The molecule has 0 radical (unpaired) electrons. The van der Waals surface area contributed by atoms with Crippen LogP contribution in [0.15, 0.2) is 47.3 Å². The molecule has 0 aliphatic carbocycles. The Labute approximate surface area is 125 Å². The fourth-order valence-electron chi connectivity index (χ4n) is 2.45. The summed E-state index contributed by atoms with van der Waals surface area (Å²) in [7, 11) is 0. The molecule has 0 aliphatic rings. The van der Waals surface area contributed by atoms with E-state index in [-0.39, 0.29) is 15.6 Å². The molecule has 0 atom stereocenters. The van der Waals surface area contributed by atoms with Crippen LogP contribution in [0.2, 0.25) is 0 Å². The molecule has 3 nitrogen and oxygen atoms in total. The molecule has 0 amide bonds. The van der Waals surface area contributed by atoms with E-state index in [4.69, 9.17) is 0 Å². The summed E-state index contributed by atoms with van der Waals surface area (Å²) in [5.74, 6) is 0. The smallest absolute Gasteiger partial charge is 0.268 e. The van der Waals surface area contributed by atoms with Gasteiger partial charge in [0.1, 0.15) is 0 Å². The van der Waals surface area contributed by atoms with Gasteiger partial charge in [0.2, 0.25) is 0 Å². The van der Waals surface area contributed by atoms with Gasteiger partial charge in [0.15, 0.2) is 4.96 Å². The van der Waals surface area contributed by atoms with Gasteiger partial charge >= 0.3 is 6.18 Å².